The fraction of sp³-hybridized carbons (Fsp3) is 0.290. The normalized spacial score (nSPS) is 16.2. The Hall–Kier alpha value is -4.49. The Bertz CT molecular complexity index is 1780. The number of fused-ring (bicyclic) bond motifs is 1. The number of nitriles is 1. The van der Waals surface area contributed by atoms with Gasteiger partial charge in [-0.3, -0.25) is 4.90 Å². The van der Waals surface area contributed by atoms with Gasteiger partial charge in [0.15, 0.2) is 11.4 Å². The summed E-state index contributed by atoms with van der Waals surface area (Å²) in [6, 6.07) is 17.6. The van der Waals surface area contributed by atoms with Crippen LogP contribution in [0, 0.1) is 17.2 Å². The van der Waals surface area contributed by atoms with Gasteiger partial charge in [-0.05, 0) is 78.4 Å². The van der Waals surface area contributed by atoms with Crippen LogP contribution in [0.1, 0.15) is 36.5 Å². The number of aryl methyl sites for hydroxylation is 1. The topological polar surface area (TPSA) is 83.8 Å². The van der Waals surface area contributed by atoms with Crippen LogP contribution in [0.2, 0.25) is 0 Å². The smallest absolute Gasteiger partial charge is 0.420 e. The Morgan fingerprint density at radius 1 is 1.07 bits per heavy atom. The molecule has 0 radical (unpaired) electrons. The number of benzene rings is 3. The molecule has 3 aromatic carbocycles. The van der Waals surface area contributed by atoms with Gasteiger partial charge < -0.3 is 8.98 Å². The predicted molar refractivity (Wildman–Crippen MR) is 148 cm³/mol. The standard InChI is InChI=1S/C31H27F3N6O/c1-19-5-4-10-40(16-19)17-21-12-26(31(32,33)34)28-27(13-21)37-30(41-28)23-7-3-6-22(14-23)24-9-8-20(15-35)11-25(24)29-38-36-18-39(29)2/h3,6-9,11-14,18-19H,4-5,10,16-17H2,1-2H3. The summed E-state index contributed by atoms with van der Waals surface area (Å²) in [6.07, 6.45) is -0.837. The maximum Gasteiger partial charge on any atom is 0.420 e. The Labute approximate surface area is 234 Å². The predicted octanol–water partition coefficient (Wildman–Crippen LogP) is 7.08. The second-order valence-corrected chi connectivity index (χ2v) is 10.7. The van der Waals surface area contributed by atoms with E-state index >= 15 is 0 Å². The van der Waals surface area contributed by atoms with Crippen LogP contribution >= 0.6 is 0 Å². The number of aromatic nitrogens is 4. The maximum absolute atomic E-state index is 14.2. The molecule has 0 amide bonds. The third-order valence-corrected chi connectivity index (χ3v) is 7.52. The monoisotopic (exact) mass is 556 g/mol. The van der Waals surface area contributed by atoms with Crippen LogP contribution < -0.4 is 0 Å². The molecule has 5 aromatic rings. The van der Waals surface area contributed by atoms with Gasteiger partial charge in [0.2, 0.25) is 5.89 Å². The van der Waals surface area contributed by atoms with Crippen molar-refractivity contribution in [2.24, 2.45) is 13.0 Å². The van der Waals surface area contributed by atoms with Crippen LogP contribution in [0.15, 0.2) is 65.3 Å². The molecule has 0 saturated carbocycles. The van der Waals surface area contributed by atoms with Gasteiger partial charge in [-0.2, -0.15) is 18.4 Å². The minimum Gasteiger partial charge on any atom is -0.435 e. The Morgan fingerprint density at radius 2 is 1.90 bits per heavy atom. The largest absolute Gasteiger partial charge is 0.435 e. The number of likely N-dealkylation sites (tertiary alicyclic amines) is 1. The molecule has 41 heavy (non-hydrogen) atoms. The van der Waals surface area contributed by atoms with E-state index in [0.717, 1.165) is 37.1 Å². The molecule has 6 rings (SSSR count). The second-order valence-electron chi connectivity index (χ2n) is 10.7. The van der Waals surface area contributed by atoms with Crippen molar-refractivity contribution >= 4 is 11.1 Å². The van der Waals surface area contributed by atoms with E-state index in [0.29, 0.717) is 40.5 Å². The van der Waals surface area contributed by atoms with Gasteiger partial charge in [-0.15, -0.1) is 10.2 Å². The van der Waals surface area contributed by atoms with Crippen LogP contribution in [0.5, 0.6) is 0 Å². The van der Waals surface area contributed by atoms with Gasteiger partial charge in [-0.1, -0.05) is 25.1 Å². The van der Waals surface area contributed by atoms with Crippen LogP contribution in [-0.4, -0.2) is 37.7 Å². The summed E-state index contributed by atoms with van der Waals surface area (Å²) in [5.74, 6) is 1.20. The summed E-state index contributed by atoms with van der Waals surface area (Å²) in [7, 11) is 1.81. The van der Waals surface area contributed by atoms with Crippen LogP contribution in [0.25, 0.3) is 45.1 Å². The zero-order chi connectivity index (χ0) is 28.7. The lowest BCUT2D eigenvalue weighted by molar-refractivity contribution is -0.136. The fourth-order valence-corrected chi connectivity index (χ4v) is 5.60. The number of oxazole rings is 1. The van der Waals surface area contributed by atoms with Gasteiger partial charge in [0.1, 0.15) is 17.4 Å². The lowest BCUT2D eigenvalue weighted by Gasteiger charge is -2.30. The third kappa shape index (κ3) is 5.33. The molecule has 0 bridgehead atoms. The summed E-state index contributed by atoms with van der Waals surface area (Å²) in [6.45, 7) is 4.33. The van der Waals surface area contributed by atoms with Crippen molar-refractivity contribution in [1.29, 1.82) is 5.26 Å². The lowest BCUT2D eigenvalue weighted by atomic mass is 9.96. The molecular formula is C31H27F3N6O. The zero-order valence-electron chi connectivity index (χ0n) is 22.6. The highest BCUT2D eigenvalue weighted by molar-refractivity contribution is 5.85. The van der Waals surface area contributed by atoms with Crippen molar-refractivity contribution < 1.29 is 17.6 Å². The van der Waals surface area contributed by atoms with E-state index in [9.17, 15) is 18.4 Å². The van der Waals surface area contributed by atoms with Crippen molar-refractivity contribution in [3.63, 3.8) is 0 Å². The Morgan fingerprint density at radius 3 is 2.63 bits per heavy atom. The molecule has 1 atom stereocenters. The fourth-order valence-electron chi connectivity index (χ4n) is 5.60. The van der Waals surface area contributed by atoms with E-state index in [1.165, 1.54) is 6.07 Å². The Kier molecular flexibility index (Phi) is 6.83. The van der Waals surface area contributed by atoms with Gasteiger partial charge in [0.05, 0.1) is 11.6 Å². The summed E-state index contributed by atoms with van der Waals surface area (Å²) < 4.78 is 50.1. The van der Waals surface area contributed by atoms with Gasteiger partial charge >= 0.3 is 6.18 Å². The highest BCUT2D eigenvalue weighted by Gasteiger charge is 2.36. The first-order chi connectivity index (χ1) is 19.7. The SMILES string of the molecule is CC1CCCN(Cc2cc(C(F)(F)F)c3oc(-c4cccc(-c5ccc(C#N)cc5-c5nncn5C)c4)nc3c2)C1. The van der Waals surface area contributed by atoms with E-state index in [2.05, 4.69) is 33.1 Å². The molecule has 208 valence electrons. The molecule has 10 heteroatoms. The molecule has 3 heterocycles. The second kappa shape index (κ2) is 10.5. The van der Waals surface area contributed by atoms with Crippen molar-refractivity contribution in [2.45, 2.75) is 32.5 Å². The highest BCUT2D eigenvalue weighted by atomic mass is 19.4. The molecule has 2 aromatic heterocycles. The molecule has 1 aliphatic rings. The number of hydrogen-bond donors (Lipinski definition) is 0. The Balaban J connectivity index is 1.42. The van der Waals surface area contributed by atoms with Crippen molar-refractivity contribution in [3.05, 3.63) is 77.6 Å². The maximum atomic E-state index is 14.2. The summed E-state index contributed by atoms with van der Waals surface area (Å²) >= 11 is 0. The van der Waals surface area contributed by atoms with E-state index < -0.39 is 11.7 Å². The van der Waals surface area contributed by atoms with E-state index in [4.69, 9.17) is 4.42 Å². The minimum absolute atomic E-state index is 0.102. The quantitative estimate of drug-likeness (QED) is 0.230. The van der Waals surface area contributed by atoms with Crippen LogP contribution in [0.3, 0.4) is 0 Å². The third-order valence-electron chi connectivity index (χ3n) is 7.52. The van der Waals surface area contributed by atoms with Crippen molar-refractivity contribution in [1.82, 2.24) is 24.6 Å². The molecule has 1 fully saturated rings. The number of hydrogen-bond acceptors (Lipinski definition) is 6. The van der Waals surface area contributed by atoms with Crippen molar-refractivity contribution in [2.75, 3.05) is 13.1 Å². The zero-order valence-corrected chi connectivity index (χ0v) is 22.6. The molecule has 1 aliphatic heterocycles. The molecule has 0 aliphatic carbocycles. The van der Waals surface area contributed by atoms with E-state index in [-0.39, 0.29) is 17.0 Å². The first kappa shape index (κ1) is 26.7. The number of nitrogens with zero attached hydrogens (tertiary/aromatic N) is 6. The molecule has 7 nitrogen and oxygen atoms in total. The van der Waals surface area contributed by atoms with E-state index in [1.807, 2.05) is 25.2 Å². The average molecular weight is 557 g/mol. The van der Waals surface area contributed by atoms with E-state index in [1.54, 1.807) is 41.2 Å². The lowest BCUT2D eigenvalue weighted by Crippen LogP contribution is -2.33. The minimum atomic E-state index is -4.59. The first-order valence-corrected chi connectivity index (χ1v) is 13.4. The number of alkyl halides is 3. The summed E-state index contributed by atoms with van der Waals surface area (Å²) in [5, 5.41) is 17.6. The highest BCUT2D eigenvalue weighted by Crippen LogP contribution is 2.39. The summed E-state index contributed by atoms with van der Waals surface area (Å²) in [5.41, 5.74) is 2.92. The number of piperidine rings is 1. The van der Waals surface area contributed by atoms with Crippen molar-refractivity contribution in [3.8, 4) is 40.0 Å². The molecule has 1 unspecified atom stereocenters. The van der Waals surface area contributed by atoms with Gasteiger partial charge in [0.25, 0.3) is 0 Å². The molecule has 0 spiro atoms. The molecular weight excluding hydrogens is 529 g/mol. The van der Waals surface area contributed by atoms with Gasteiger partial charge in [-0.25, -0.2) is 4.98 Å². The number of rotatable bonds is 5. The number of halogens is 3. The average Bonchev–Trinajstić information content (AvgIpc) is 3.58. The van der Waals surface area contributed by atoms with Gasteiger partial charge in [0, 0.05) is 31.3 Å². The van der Waals surface area contributed by atoms with Crippen LogP contribution in [0.4, 0.5) is 13.2 Å². The molecule has 0 N–H and O–H groups in total. The van der Waals surface area contributed by atoms with Crippen LogP contribution in [-0.2, 0) is 19.8 Å². The summed E-state index contributed by atoms with van der Waals surface area (Å²) in [4.78, 5) is 6.72. The first-order valence-electron chi connectivity index (χ1n) is 13.4. The molecule has 1 saturated heterocycles.